The highest BCUT2D eigenvalue weighted by Crippen LogP contribution is 2.17. The topological polar surface area (TPSA) is 12.0 Å². The molecule has 0 saturated heterocycles. The number of halogens is 1. The van der Waals surface area contributed by atoms with E-state index in [9.17, 15) is 4.39 Å². The van der Waals surface area contributed by atoms with Gasteiger partial charge in [0.25, 0.3) is 0 Å². The van der Waals surface area contributed by atoms with Crippen LogP contribution < -0.4 is 5.32 Å². The van der Waals surface area contributed by atoms with E-state index in [4.69, 9.17) is 0 Å². The summed E-state index contributed by atoms with van der Waals surface area (Å²) < 4.78 is 13.0. The van der Waals surface area contributed by atoms with Crippen LogP contribution in [0.1, 0.15) is 56.4 Å². The predicted octanol–water partition coefficient (Wildman–Crippen LogP) is 7.22. The standard InChI is InChI=1S/C19H24FN.C9H14/c1-3-4-16-12-17(9-10-21-2)14-18(13-16)11-15-5-7-19(20)8-6-15;1-5-9(4)7-6-8(2)3/h5-8,12-14,21H,3-4,9-11H2,1-2H3;5-7H,2H2,1,3-4H3/b;7-6-,9-5-. The molecule has 0 amide bonds. The van der Waals surface area contributed by atoms with E-state index in [2.05, 4.69) is 56.1 Å². The monoisotopic (exact) mass is 407 g/mol. The Balaban J connectivity index is 0.000000424. The molecule has 162 valence electrons. The van der Waals surface area contributed by atoms with E-state index >= 15 is 0 Å². The summed E-state index contributed by atoms with van der Waals surface area (Å²) in [6, 6.07) is 13.7. The van der Waals surface area contributed by atoms with Crippen LogP contribution in [0.3, 0.4) is 0 Å². The van der Waals surface area contributed by atoms with Crippen molar-refractivity contribution >= 4 is 0 Å². The van der Waals surface area contributed by atoms with Crippen LogP contribution in [0.25, 0.3) is 0 Å². The van der Waals surface area contributed by atoms with Crippen molar-refractivity contribution in [2.45, 2.75) is 53.4 Å². The Morgan fingerprint density at radius 3 is 2.07 bits per heavy atom. The molecule has 30 heavy (non-hydrogen) atoms. The molecule has 0 bridgehead atoms. The molecule has 1 nitrogen and oxygen atoms in total. The Morgan fingerprint density at radius 1 is 0.933 bits per heavy atom. The average molecular weight is 408 g/mol. The molecule has 0 fully saturated rings. The maximum absolute atomic E-state index is 13.0. The fourth-order valence-electron chi connectivity index (χ4n) is 3.00. The summed E-state index contributed by atoms with van der Waals surface area (Å²) in [6.07, 6.45) is 10.3. The Hall–Kier alpha value is -2.45. The summed E-state index contributed by atoms with van der Waals surface area (Å²) in [5.74, 6) is -0.173. The number of nitrogens with one attached hydrogen (secondary N) is 1. The first kappa shape index (κ1) is 25.6. The molecule has 0 aromatic heterocycles. The number of aryl methyl sites for hydroxylation is 1. The van der Waals surface area contributed by atoms with Gasteiger partial charge in [0.15, 0.2) is 0 Å². The zero-order chi connectivity index (χ0) is 22.4. The number of hydrogen-bond donors (Lipinski definition) is 1. The molecule has 0 atom stereocenters. The van der Waals surface area contributed by atoms with Gasteiger partial charge in [0.2, 0.25) is 0 Å². The highest BCUT2D eigenvalue weighted by Gasteiger charge is 2.03. The van der Waals surface area contributed by atoms with E-state index < -0.39 is 0 Å². The predicted molar refractivity (Wildman–Crippen MR) is 131 cm³/mol. The Morgan fingerprint density at radius 2 is 1.53 bits per heavy atom. The van der Waals surface area contributed by atoms with Gasteiger partial charge >= 0.3 is 0 Å². The molecule has 0 aliphatic rings. The quantitative estimate of drug-likeness (QED) is 0.433. The van der Waals surface area contributed by atoms with Crippen LogP contribution in [-0.4, -0.2) is 13.6 Å². The largest absolute Gasteiger partial charge is 0.319 e. The van der Waals surface area contributed by atoms with Crippen LogP contribution in [0.15, 0.2) is 78.4 Å². The SMILES string of the molecule is C=C(C)/C=C\C(C)=C/C.CCCc1cc(CCNC)cc(Cc2ccc(F)cc2)c1. The van der Waals surface area contributed by atoms with Gasteiger partial charge in [-0.15, -0.1) is 0 Å². The van der Waals surface area contributed by atoms with Crippen molar-refractivity contribution in [2.24, 2.45) is 0 Å². The lowest BCUT2D eigenvalue weighted by molar-refractivity contribution is 0.627. The molecule has 0 aliphatic carbocycles. The molecule has 0 radical (unpaired) electrons. The maximum atomic E-state index is 13.0. The van der Waals surface area contributed by atoms with Gasteiger partial charge in [0.1, 0.15) is 5.82 Å². The normalized spacial score (nSPS) is 11.3. The third-order valence-electron chi connectivity index (χ3n) is 4.72. The van der Waals surface area contributed by atoms with Crippen molar-refractivity contribution in [3.05, 3.63) is 106 Å². The summed E-state index contributed by atoms with van der Waals surface area (Å²) in [7, 11) is 1.98. The molecule has 0 heterocycles. The molecule has 2 heteroatoms. The highest BCUT2D eigenvalue weighted by atomic mass is 19.1. The smallest absolute Gasteiger partial charge is 0.123 e. The Kier molecular flexibility index (Phi) is 12.4. The lowest BCUT2D eigenvalue weighted by atomic mass is 9.97. The Bertz CT molecular complexity index is 828. The minimum absolute atomic E-state index is 0.173. The number of likely N-dealkylation sites (N-methyl/N-ethyl adjacent to an activating group) is 1. The molecule has 0 spiro atoms. The fraction of sp³-hybridized carbons (Fsp3) is 0.357. The molecule has 0 aliphatic heterocycles. The second kappa shape index (κ2) is 14.5. The van der Waals surface area contributed by atoms with Gasteiger partial charge in [-0.2, -0.15) is 0 Å². The third kappa shape index (κ3) is 10.9. The average Bonchev–Trinajstić information content (AvgIpc) is 2.72. The zero-order valence-electron chi connectivity index (χ0n) is 19.4. The van der Waals surface area contributed by atoms with Gasteiger partial charge in [-0.1, -0.05) is 79.6 Å². The van der Waals surface area contributed by atoms with Gasteiger partial charge in [0, 0.05) is 0 Å². The lowest BCUT2D eigenvalue weighted by Gasteiger charge is -2.10. The first-order chi connectivity index (χ1) is 14.4. The molecule has 1 N–H and O–H groups in total. The Labute approximate surface area is 183 Å². The number of allylic oxidation sites excluding steroid dienone is 5. The second-order valence-electron chi connectivity index (χ2n) is 7.78. The first-order valence-corrected chi connectivity index (χ1v) is 10.8. The van der Waals surface area contributed by atoms with E-state index in [1.54, 1.807) is 0 Å². The van der Waals surface area contributed by atoms with Gasteiger partial charge < -0.3 is 5.32 Å². The second-order valence-corrected chi connectivity index (χ2v) is 7.78. The van der Waals surface area contributed by atoms with E-state index in [1.165, 1.54) is 34.4 Å². The fourth-order valence-corrected chi connectivity index (χ4v) is 3.00. The van der Waals surface area contributed by atoms with Gasteiger partial charge in [-0.25, -0.2) is 4.39 Å². The van der Waals surface area contributed by atoms with E-state index in [0.717, 1.165) is 43.4 Å². The minimum atomic E-state index is -0.173. The summed E-state index contributed by atoms with van der Waals surface area (Å²) in [5.41, 5.74) is 7.63. The summed E-state index contributed by atoms with van der Waals surface area (Å²) in [4.78, 5) is 0. The van der Waals surface area contributed by atoms with Gasteiger partial charge in [0.05, 0.1) is 0 Å². The summed E-state index contributed by atoms with van der Waals surface area (Å²) in [5, 5.41) is 3.20. The molecular weight excluding hydrogens is 369 g/mol. The summed E-state index contributed by atoms with van der Waals surface area (Å²) >= 11 is 0. The van der Waals surface area contributed by atoms with Gasteiger partial charge in [-0.3, -0.25) is 0 Å². The zero-order valence-corrected chi connectivity index (χ0v) is 19.4. The van der Waals surface area contributed by atoms with Crippen LogP contribution in [0.5, 0.6) is 0 Å². The van der Waals surface area contributed by atoms with Crippen molar-refractivity contribution in [3.8, 4) is 0 Å². The molecular formula is C28H38FN. The molecule has 2 aromatic carbocycles. The third-order valence-corrected chi connectivity index (χ3v) is 4.72. The molecule has 0 unspecified atom stereocenters. The van der Waals surface area contributed by atoms with E-state index in [-0.39, 0.29) is 5.82 Å². The van der Waals surface area contributed by atoms with Crippen LogP contribution >= 0.6 is 0 Å². The van der Waals surface area contributed by atoms with Gasteiger partial charge in [-0.05, 0) is 88.0 Å². The number of rotatable bonds is 9. The summed E-state index contributed by atoms with van der Waals surface area (Å²) in [6.45, 7) is 13.0. The molecule has 0 saturated carbocycles. The van der Waals surface area contributed by atoms with Crippen molar-refractivity contribution in [3.63, 3.8) is 0 Å². The van der Waals surface area contributed by atoms with Crippen molar-refractivity contribution < 1.29 is 4.39 Å². The van der Waals surface area contributed by atoms with Crippen LogP contribution in [0, 0.1) is 5.82 Å². The van der Waals surface area contributed by atoms with E-state index in [1.807, 2.05) is 39.1 Å². The van der Waals surface area contributed by atoms with Crippen molar-refractivity contribution in [1.29, 1.82) is 0 Å². The van der Waals surface area contributed by atoms with Crippen molar-refractivity contribution in [2.75, 3.05) is 13.6 Å². The van der Waals surface area contributed by atoms with E-state index in [0.29, 0.717) is 0 Å². The van der Waals surface area contributed by atoms with Crippen LogP contribution in [-0.2, 0) is 19.3 Å². The van der Waals surface area contributed by atoms with Crippen LogP contribution in [0.4, 0.5) is 4.39 Å². The van der Waals surface area contributed by atoms with Crippen LogP contribution in [0.2, 0.25) is 0 Å². The maximum Gasteiger partial charge on any atom is 0.123 e. The number of benzene rings is 2. The van der Waals surface area contributed by atoms with Crippen molar-refractivity contribution in [1.82, 2.24) is 5.32 Å². The molecule has 2 rings (SSSR count). The highest BCUT2D eigenvalue weighted by molar-refractivity contribution is 5.34. The molecule has 2 aromatic rings. The first-order valence-electron chi connectivity index (χ1n) is 10.8. The number of hydrogen-bond acceptors (Lipinski definition) is 1. The minimum Gasteiger partial charge on any atom is -0.319 e. The lowest BCUT2D eigenvalue weighted by Crippen LogP contribution is -2.10.